The smallest absolute Gasteiger partial charge is 0.306 e. The maximum Gasteiger partial charge on any atom is 0.306 e. The number of carboxylic acids is 1. The Kier molecular flexibility index (Phi) is 6.44. The van der Waals surface area contributed by atoms with Gasteiger partial charge in [0.15, 0.2) is 0 Å². The van der Waals surface area contributed by atoms with Crippen LogP contribution in [0.2, 0.25) is 0 Å². The second-order valence-electron chi connectivity index (χ2n) is 5.21. The number of hydrogen-bond donors (Lipinski definition) is 3. The molecule has 0 aliphatic carbocycles. The molecule has 0 aromatic heterocycles. The first-order chi connectivity index (χ1) is 9.40. The SMILES string of the molecule is CC(=O)NCCNC(=O)CN1CCC(C(=O)O)CC1C. The molecule has 1 fully saturated rings. The highest BCUT2D eigenvalue weighted by Crippen LogP contribution is 2.22. The molecule has 3 N–H and O–H groups in total. The Morgan fingerprint density at radius 2 is 1.90 bits per heavy atom. The lowest BCUT2D eigenvalue weighted by Crippen LogP contribution is -2.48. The molecule has 1 aliphatic heterocycles. The van der Waals surface area contributed by atoms with Gasteiger partial charge in [-0.25, -0.2) is 0 Å². The van der Waals surface area contributed by atoms with Crippen LogP contribution in [-0.2, 0) is 14.4 Å². The van der Waals surface area contributed by atoms with Gasteiger partial charge in [-0.15, -0.1) is 0 Å². The molecular weight excluding hydrogens is 262 g/mol. The minimum Gasteiger partial charge on any atom is -0.481 e. The molecule has 2 unspecified atom stereocenters. The lowest BCUT2D eigenvalue weighted by atomic mass is 9.92. The van der Waals surface area contributed by atoms with Crippen molar-refractivity contribution < 1.29 is 19.5 Å². The van der Waals surface area contributed by atoms with E-state index in [1.165, 1.54) is 6.92 Å². The average Bonchev–Trinajstić information content (AvgIpc) is 2.36. The van der Waals surface area contributed by atoms with E-state index in [2.05, 4.69) is 10.6 Å². The summed E-state index contributed by atoms with van der Waals surface area (Å²) in [5.74, 6) is -1.28. The van der Waals surface area contributed by atoms with Crippen LogP contribution in [0.4, 0.5) is 0 Å². The van der Waals surface area contributed by atoms with Gasteiger partial charge in [-0.05, 0) is 26.3 Å². The molecule has 2 amide bonds. The van der Waals surface area contributed by atoms with Gasteiger partial charge in [0.05, 0.1) is 12.5 Å². The third-order valence-electron chi connectivity index (χ3n) is 3.53. The van der Waals surface area contributed by atoms with Gasteiger partial charge < -0.3 is 15.7 Å². The Morgan fingerprint density at radius 3 is 2.45 bits per heavy atom. The van der Waals surface area contributed by atoms with E-state index in [1.54, 1.807) is 0 Å². The number of nitrogens with zero attached hydrogens (tertiary/aromatic N) is 1. The highest BCUT2D eigenvalue weighted by Gasteiger charge is 2.30. The molecule has 7 heteroatoms. The van der Waals surface area contributed by atoms with Crippen LogP contribution in [0.15, 0.2) is 0 Å². The molecular formula is C13H23N3O4. The predicted molar refractivity (Wildman–Crippen MR) is 73.1 cm³/mol. The van der Waals surface area contributed by atoms with Crippen molar-refractivity contribution in [1.29, 1.82) is 0 Å². The van der Waals surface area contributed by atoms with E-state index in [1.807, 2.05) is 11.8 Å². The van der Waals surface area contributed by atoms with Gasteiger partial charge in [0, 0.05) is 26.1 Å². The summed E-state index contributed by atoms with van der Waals surface area (Å²) in [6.45, 7) is 5.08. The number of aliphatic carboxylic acids is 1. The van der Waals surface area contributed by atoms with E-state index >= 15 is 0 Å². The number of rotatable bonds is 6. The van der Waals surface area contributed by atoms with Gasteiger partial charge in [-0.2, -0.15) is 0 Å². The van der Waals surface area contributed by atoms with Crippen molar-refractivity contribution in [2.24, 2.45) is 5.92 Å². The second-order valence-corrected chi connectivity index (χ2v) is 5.21. The highest BCUT2D eigenvalue weighted by molar-refractivity contribution is 5.78. The molecule has 0 radical (unpaired) electrons. The Hall–Kier alpha value is -1.63. The van der Waals surface area contributed by atoms with Crippen LogP contribution in [0.5, 0.6) is 0 Å². The normalized spacial score (nSPS) is 23.1. The van der Waals surface area contributed by atoms with Crippen LogP contribution in [0.1, 0.15) is 26.7 Å². The van der Waals surface area contributed by atoms with Gasteiger partial charge in [-0.1, -0.05) is 0 Å². The fourth-order valence-electron chi connectivity index (χ4n) is 2.36. The summed E-state index contributed by atoms with van der Waals surface area (Å²) in [7, 11) is 0. The van der Waals surface area contributed by atoms with Gasteiger partial charge >= 0.3 is 5.97 Å². The van der Waals surface area contributed by atoms with Gasteiger partial charge in [0.25, 0.3) is 0 Å². The van der Waals surface area contributed by atoms with Crippen LogP contribution in [0.3, 0.4) is 0 Å². The van der Waals surface area contributed by atoms with E-state index in [0.717, 1.165) is 0 Å². The third kappa shape index (κ3) is 5.56. The fraction of sp³-hybridized carbons (Fsp3) is 0.769. The van der Waals surface area contributed by atoms with E-state index in [9.17, 15) is 14.4 Å². The van der Waals surface area contributed by atoms with E-state index in [-0.39, 0.29) is 30.3 Å². The van der Waals surface area contributed by atoms with Crippen molar-refractivity contribution in [1.82, 2.24) is 15.5 Å². The van der Waals surface area contributed by atoms with Crippen molar-refractivity contribution in [2.75, 3.05) is 26.2 Å². The van der Waals surface area contributed by atoms with Crippen LogP contribution in [0, 0.1) is 5.92 Å². The quantitative estimate of drug-likeness (QED) is 0.567. The van der Waals surface area contributed by atoms with Crippen LogP contribution < -0.4 is 10.6 Å². The summed E-state index contributed by atoms with van der Waals surface area (Å²) in [5, 5.41) is 14.3. The van der Waals surface area contributed by atoms with Gasteiger partial charge in [0.2, 0.25) is 11.8 Å². The Morgan fingerprint density at radius 1 is 1.25 bits per heavy atom. The largest absolute Gasteiger partial charge is 0.481 e. The zero-order valence-corrected chi connectivity index (χ0v) is 12.0. The molecule has 1 aliphatic rings. The number of carboxylic acid groups (broad SMARTS) is 1. The first-order valence-electron chi connectivity index (χ1n) is 6.88. The summed E-state index contributed by atoms with van der Waals surface area (Å²) >= 11 is 0. The summed E-state index contributed by atoms with van der Waals surface area (Å²) in [6, 6.07) is 0.0888. The third-order valence-corrected chi connectivity index (χ3v) is 3.53. The number of carbonyl (C=O) groups excluding carboxylic acids is 2. The predicted octanol–water partition coefficient (Wildman–Crippen LogP) is -0.576. The topological polar surface area (TPSA) is 98.7 Å². The fourth-order valence-corrected chi connectivity index (χ4v) is 2.36. The van der Waals surface area contributed by atoms with Crippen LogP contribution >= 0.6 is 0 Å². The number of likely N-dealkylation sites (tertiary alicyclic amines) is 1. The van der Waals surface area contributed by atoms with Crippen LogP contribution in [0.25, 0.3) is 0 Å². The molecule has 1 rings (SSSR count). The number of piperidine rings is 1. The molecule has 2 atom stereocenters. The molecule has 1 heterocycles. The minimum absolute atomic E-state index is 0.0888. The number of carbonyl (C=O) groups is 3. The summed E-state index contributed by atoms with van der Waals surface area (Å²) in [5.41, 5.74) is 0. The lowest BCUT2D eigenvalue weighted by Gasteiger charge is -2.35. The number of nitrogens with one attached hydrogen (secondary N) is 2. The molecule has 0 bridgehead atoms. The minimum atomic E-state index is -0.753. The monoisotopic (exact) mass is 285 g/mol. The van der Waals surface area contributed by atoms with Crippen LogP contribution in [-0.4, -0.2) is 60.0 Å². The molecule has 0 aromatic carbocycles. The summed E-state index contributed by atoms with van der Waals surface area (Å²) < 4.78 is 0. The Labute approximate surface area is 118 Å². The number of hydrogen-bond acceptors (Lipinski definition) is 4. The zero-order valence-electron chi connectivity index (χ0n) is 12.0. The Balaban J connectivity index is 2.25. The summed E-state index contributed by atoms with van der Waals surface area (Å²) in [6.07, 6.45) is 1.16. The Bertz CT molecular complexity index is 373. The molecule has 0 saturated carbocycles. The molecule has 0 aromatic rings. The first-order valence-corrected chi connectivity index (χ1v) is 6.88. The molecule has 20 heavy (non-hydrogen) atoms. The standard InChI is InChI=1S/C13H23N3O4/c1-9-7-11(13(19)20)3-6-16(9)8-12(18)15-5-4-14-10(2)17/h9,11H,3-8H2,1-2H3,(H,14,17)(H,15,18)(H,19,20). The van der Waals surface area contributed by atoms with E-state index < -0.39 is 5.97 Å². The second kappa shape index (κ2) is 7.84. The zero-order chi connectivity index (χ0) is 15.1. The lowest BCUT2D eigenvalue weighted by molar-refractivity contribution is -0.144. The molecule has 114 valence electrons. The van der Waals surface area contributed by atoms with Crippen molar-refractivity contribution in [3.05, 3.63) is 0 Å². The maximum absolute atomic E-state index is 11.7. The highest BCUT2D eigenvalue weighted by atomic mass is 16.4. The average molecular weight is 285 g/mol. The molecule has 0 spiro atoms. The van der Waals surface area contributed by atoms with Crippen molar-refractivity contribution in [2.45, 2.75) is 32.7 Å². The maximum atomic E-state index is 11.7. The first kappa shape index (κ1) is 16.4. The molecule has 1 saturated heterocycles. The van der Waals surface area contributed by atoms with Crippen molar-refractivity contribution in [3.8, 4) is 0 Å². The van der Waals surface area contributed by atoms with E-state index in [0.29, 0.717) is 32.5 Å². The number of amides is 2. The van der Waals surface area contributed by atoms with Gasteiger partial charge in [0.1, 0.15) is 0 Å². The van der Waals surface area contributed by atoms with E-state index in [4.69, 9.17) is 5.11 Å². The summed E-state index contributed by atoms with van der Waals surface area (Å²) in [4.78, 5) is 35.3. The van der Waals surface area contributed by atoms with Gasteiger partial charge in [-0.3, -0.25) is 19.3 Å². The van der Waals surface area contributed by atoms with Crippen molar-refractivity contribution >= 4 is 17.8 Å². The molecule has 7 nitrogen and oxygen atoms in total. The van der Waals surface area contributed by atoms with Crippen molar-refractivity contribution in [3.63, 3.8) is 0 Å².